The molecule has 1 rings (SSSR count). The fourth-order valence-corrected chi connectivity index (χ4v) is 2.11. The highest BCUT2D eigenvalue weighted by Crippen LogP contribution is 2.10. The van der Waals surface area contributed by atoms with Gasteiger partial charge in [-0.1, -0.05) is 43.7 Å². The number of carbonyl (C=O) groups excluding carboxylic acids is 1. The van der Waals surface area contributed by atoms with Gasteiger partial charge in [0.05, 0.1) is 0 Å². The summed E-state index contributed by atoms with van der Waals surface area (Å²) in [6.45, 7) is 8.63. The number of hydrogen-bond acceptors (Lipinski definition) is 3. The minimum atomic E-state index is -0.356. The normalized spacial score (nSPS) is 11.5. The number of rotatable bonds is 9. The topological polar surface area (TPSA) is 41.6 Å². The first-order chi connectivity index (χ1) is 10.4. The molecule has 1 aromatic rings. The number of carbonyl (C=O) groups is 1. The van der Waals surface area contributed by atoms with Crippen molar-refractivity contribution in [1.82, 2.24) is 10.2 Å². The van der Waals surface area contributed by atoms with Crippen LogP contribution in [0.5, 0.6) is 0 Å². The van der Waals surface area contributed by atoms with Crippen molar-refractivity contribution in [2.45, 2.75) is 52.2 Å². The zero-order valence-corrected chi connectivity index (χ0v) is 14.4. The summed E-state index contributed by atoms with van der Waals surface area (Å²) in [6.07, 6.45) is 2.96. The predicted molar refractivity (Wildman–Crippen MR) is 90.9 cm³/mol. The summed E-state index contributed by atoms with van der Waals surface area (Å²) in [4.78, 5) is 14.2. The van der Waals surface area contributed by atoms with Crippen molar-refractivity contribution in [1.29, 1.82) is 0 Å². The first-order valence-electron chi connectivity index (χ1n) is 8.10. The van der Waals surface area contributed by atoms with Crippen LogP contribution in [0, 0.1) is 0 Å². The highest BCUT2D eigenvalue weighted by Gasteiger charge is 2.21. The van der Waals surface area contributed by atoms with Gasteiger partial charge < -0.3 is 15.0 Å². The van der Waals surface area contributed by atoms with Crippen molar-refractivity contribution < 1.29 is 9.53 Å². The molecule has 1 N–H and O–H groups in total. The van der Waals surface area contributed by atoms with Crippen molar-refractivity contribution in [3.8, 4) is 0 Å². The van der Waals surface area contributed by atoms with Gasteiger partial charge in [-0.2, -0.15) is 0 Å². The summed E-state index contributed by atoms with van der Waals surface area (Å²) < 4.78 is 5.27. The third kappa shape index (κ3) is 8.03. The number of alkyl carbamates (subject to hydrolysis) is 1. The Kier molecular flexibility index (Phi) is 7.96. The van der Waals surface area contributed by atoms with Gasteiger partial charge in [0.1, 0.15) is 6.61 Å². The lowest BCUT2D eigenvalue weighted by atomic mass is 10.0. The van der Waals surface area contributed by atoms with E-state index in [9.17, 15) is 4.79 Å². The van der Waals surface area contributed by atoms with Crippen LogP contribution in [0.25, 0.3) is 0 Å². The molecule has 0 aliphatic heterocycles. The van der Waals surface area contributed by atoms with Gasteiger partial charge in [0.2, 0.25) is 0 Å². The molecule has 0 unspecified atom stereocenters. The third-order valence-electron chi connectivity index (χ3n) is 3.67. The molecule has 0 saturated carbocycles. The second-order valence-corrected chi connectivity index (χ2v) is 6.48. The maximum Gasteiger partial charge on any atom is 0.407 e. The van der Waals surface area contributed by atoms with E-state index in [1.54, 1.807) is 0 Å². The molecule has 1 amide bonds. The molecule has 0 aliphatic rings. The number of unbranched alkanes of at least 4 members (excludes halogenated alkanes) is 1. The highest BCUT2D eigenvalue weighted by atomic mass is 16.5. The number of nitrogens with zero attached hydrogens (tertiary/aromatic N) is 1. The van der Waals surface area contributed by atoms with Gasteiger partial charge in [0, 0.05) is 12.1 Å². The lowest BCUT2D eigenvalue weighted by Gasteiger charge is -2.28. The summed E-state index contributed by atoms with van der Waals surface area (Å²) in [5, 5.41) is 2.95. The molecule has 0 aliphatic carbocycles. The summed E-state index contributed by atoms with van der Waals surface area (Å²) >= 11 is 0. The average Bonchev–Trinajstić information content (AvgIpc) is 2.49. The Bertz CT molecular complexity index is 432. The van der Waals surface area contributed by atoms with Gasteiger partial charge in [-0.25, -0.2) is 4.79 Å². The Morgan fingerprint density at radius 1 is 1.23 bits per heavy atom. The molecular weight excluding hydrogens is 276 g/mol. The molecule has 0 spiro atoms. The van der Waals surface area contributed by atoms with E-state index in [0.29, 0.717) is 6.61 Å². The van der Waals surface area contributed by atoms with E-state index >= 15 is 0 Å². The Labute approximate surface area is 134 Å². The van der Waals surface area contributed by atoms with Gasteiger partial charge >= 0.3 is 6.09 Å². The minimum Gasteiger partial charge on any atom is -0.445 e. The zero-order chi connectivity index (χ0) is 16.4. The third-order valence-corrected chi connectivity index (χ3v) is 3.67. The van der Waals surface area contributed by atoms with Crippen molar-refractivity contribution in [3.63, 3.8) is 0 Å². The van der Waals surface area contributed by atoms with Crippen LogP contribution >= 0.6 is 0 Å². The van der Waals surface area contributed by atoms with Gasteiger partial charge in [-0.15, -0.1) is 0 Å². The van der Waals surface area contributed by atoms with Crippen LogP contribution in [0.2, 0.25) is 0 Å². The Morgan fingerprint density at radius 2 is 1.91 bits per heavy atom. The van der Waals surface area contributed by atoms with Gasteiger partial charge in [-0.05, 0) is 45.8 Å². The monoisotopic (exact) mass is 306 g/mol. The second-order valence-electron chi connectivity index (χ2n) is 6.48. The van der Waals surface area contributed by atoms with E-state index in [1.807, 2.05) is 44.2 Å². The number of hydrogen-bond donors (Lipinski definition) is 1. The van der Waals surface area contributed by atoms with E-state index in [4.69, 9.17) is 4.74 Å². The van der Waals surface area contributed by atoms with Crippen LogP contribution in [0.4, 0.5) is 4.79 Å². The molecule has 4 nitrogen and oxygen atoms in total. The zero-order valence-electron chi connectivity index (χ0n) is 14.4. The Hall–Kier alpha value is -1.55. The summed E-state index contributed by atoms with van der Waals surface area (Å²) in [7, 11) is 2.12. The standard InChI is InChI=1S/C18H30N2O2/c1-5-6-13-20(4)14-12-18(2,3)19-17(21)22-15-16-10-8-7-9-11-16/h7-11H,5-6,12-15H2,1-4H3,(H,19,21). The largest absolute Gasteiger partial charge is 0.445 e. The summed E-state index contributed by atoms with van der Waals surface area (Å²) in [5.41, 5.74) is 0.726. The molecule has 0 aromatic heterocycles. The molecular formula is C18H30N2O2. The predicted octanol–water partition coefficient (Wildman–Crippen LogP) is 3.81. The quantitative estimate of drug-likeness (QED) is 0.754. The fraction of sp³-hybridized carbons (Fsp3) is 0.611. The van der Waals surface area contributed by atoms with Crippen LogP contribution in [0.1, 0.15) is 45.6 Å². The maximum atomic E-state index is 11.9. The van der Waals surface area contributed by atoms with Gasteiger partial charge in [0.15, 0.2) is 0 Å². The van der Waals surface area contributed by atoms with E-state index in [1.165, 1.54) is 12.8 Å². The SMILES string of the molecule is CCCCN(C)CCC(C)(C)NC(=O)OCc1ccccc1. The molecule has 0 atom stereocenters. The lowest BCUT2D eigenvalue weighted by Crippen LogP contribution is -2.45. The maximum absolute atomic E-state index is 11.9. The molecule has 0 heterocycles. The Balaban J connectivity index is 2.29. The molecule has 124 valence electrons. The average molecular weight is 306 g/mol. The summed E-state index contributed by atoms with van der Waals surface area (Å²) in [5.74, 6) is 0. The number of ether oxygens (including phenoxy) is 1. The minimum absolute atomic E-state index is 0.270. The van der Waals surface area contributed by atoms with Crippen LogP contribution < -0.4 is 5.32 Å². The van der Waals surface area contributed by atoms with Gasteiger partial charge in [-0.3, -0.25) is 0 Å². The van der Waals surface area contributed by atoms with Gasteiger partial charge in [0.25, 0.3) is 0 Å². The van der Waals surface area contributed by atoms with Crippen molar-refractivity contribution in [3.05, 3.63) is 35.9 Å². The van der Waals surface area contributed by atoms with Crippen LogP contribution in [-0.4, -0.2) is 36.7 Å². The van der Waals surface area contributed by atoms with Crippen molar-refractivity contribution in [2.75, 3.05) is 20.1 Å². The number of amides is 1. The second kappa shape index (κ2) is 9.46. The molecule has 0 bridgehead atoms. The number of benzene rings is 1. The van der Waals surface area contributed by atoms with Crippen molar-refractivity contribution >= 4 is 6.09 Å². The van der Waals surface area contributed by atoms with E-state index < -0.39 is 0 Å². The highest BCUT2D eigenvalue weighted by molar-refractivity contribution is 5.68. The molecule has 0 fully saturated rings. The molecule has 0 radical (unpaired) electrons. The van der Waals surface area contributed by atoms with Crippen LogP contribution in [0.3, 0.4) is 0 Å². The Morgan fingerprint density at radius 3 is 2.55 bits per heavy atom. The molecule has 4 heteroatoms. The molecule has 22 heavy (non-hydrogen) atoms. The first kappa shape index (κ1) is 18.5. The van der Waals surface area contributed by atoms with Crippen molar-refractivity contribution in [2.24, 2.45) is 0 Å². The first-order valence-corrected chi connectivity index (χ1v) is 8.10. The summed E-state index contributed by atoms with van der Waals surface area (Å²) in [6, 6.07) is 9.71. The molecule has 1 aromatic carbocycles. The lowest BCUT2D eigenvalue weighted by molar-refractivity contribution is 0.127. The van der Waals surface area contributed by atoms with Crippen LogP contribution in [0.15, 0.2) is 30.3 Å². The number of nitrogens with one attached hydrogen (secondary N) is 1. The van der Waals surface area contributed by atoms with E-state index in [2.05, 4.69) is 24.2 Å². The molecule has 0 saturated heterocycles. The van der Waals surface area contributed by atoms with E-state index in [0.717, 1.165) is 25.1 Å². The van der Waals surface area contributed by atoms with E-state index in [-0.39, 0.29) is 11.6 Å². The smallest absolute Gasteiger partial charge is 0.407 e. The van der Waals surface area contributed by atoms with Crippen LogP contribution in [-0.2, 0) is 11.3 Å². The fourth-order valence-electron chi connectivity index (χ4n) is 2.11.